The normalized spacial score (nSPS) is 12.5. The summed E-state index contributed by atoms with van der Waals surface area (Å²) < 4.78 is 0. The highest BCUT2D eigenvalue weighted by atomic mass is 35.5. The number of benzene rings is 3. The van der Waals surface area contributed by atoms with Crippen molar-refractivity contribution in [3.05, 3.63) is 81.8 Å². The summed E-state index contributed by atoms with van der Waals surface area (Å²) in [6.07, 6.45) is 0.739. The maximum absolute atomic E-state index is 6.31. The van der Waals surface area contributed by atoms with Gasteiger partial charge in [0.2, 0.25) is 0 Å². The van der Waals surface area contributed by atoms with E-state index in [-0.39, 0.29) is 5.92 Å². The minimum absolute atomic E-state index is 0.184. The van der Waals surface area contributed by atoms with Gasteiger partial charge in [-0.1, -0.05) is 71.7 Å². The first-order chi connectivity index (χ1) is 10.7. The maximum atomic E-state index is 6.31. The molecule has 0 amide bonds. The van der Waals surface area contributed by atoms with Crippen LogP contribution in [0, 0.1) is 0 Å². The van der Waals surface area contributed by atoms with Crippen LogP contribution in [0.2, 0.25) is 10.0 Å². The van der Waals surface area contributed by atoms with Crippen molar-refractivity contribution < 1.29 is 0 Å². The molecular weight excluding hydrogens is 313 g/mol. The predicted molar refractivity (Wildman–Crippen MR) is 95.9 cm³/mol. The largest absolute Gasteiger partial charge is 0.330 e. The lowest BCUT2D eigenvalue weighted by Crippen LogP contribution is -2.16. The van der Waals surface area contributed by atoms with E-state index in [1.54, 1.807) is 0 Å². The van der Waals surface area contributed by atoms with Crippen LogP contribution in [-0.4, -0.2) is 6.54 Å². The second-order valence-electron chi connectivity index (χ2n) is 5.41. The average molecular weight is 330 g/mol. The van der Waals surface area contributed by atoms with E-state index >= 15 is 0 Å². The van der Waals surface area contributed by atoms with Crippen LogP contribution in [-0.2, 0) is 6.42 Å². The van der Waals surface area contributed by atoms with E-state index in [1.165, 1.54) is 16.3 Å². The summed E-state index contributed by atoms with van der Waals surface area (Å²) in [5.74, 6) is 0.184. The summed E-state index contributed by atoms with van der Waals surface area (Å²) in [5.41, 5.74) is 8.27. The first-order valence-corrected chi connectivity index (χ1v) is 8.07. The Hall–Kier alpha value is -1.54. The topological polar surface area (TPSA) is 26.0 Å². The molecule has 22 heavy (non-hydrogen) atoms. The predicted octanol–water partition coefficient (Wildman–Crippen LogP) is 5.43. The molecule has 0 saturated heterocycles. The third-order valence-electron chi connectivity index (χ3n) is 4.06. The Kier molecular flexibility index (Phi) is 4.68. The minimum atomic E-state index is 0.184. The quantitative estimate of drug-likeness (QED) is 0.678. The van der Waals surface area contributed by atoms with Crippen LogP contribution in [0.3, 0.4) is 0 Å². The second-order valence-corrected chi connectivity index (χ2v) is 6.22. The summed E-state index contributed by atoms with van der Waals surface area (Å²) in [6, 6.07) is 20.3. The van der Waals surface area contributed by atoms with Crippen LogP contribution >= 0.6 is 23.2 Å². The lowest BCUT2D eigenvalue weighted by molar-refractivity contribution is 0.700. The lowest BCUT2D eigenvalue weighted by Gasteiger charge is -2.19. The SMILES string of the molecule is NCC(Cc1c(Cl)cccc1Cl)c1cccc2ccccc12. The molecule has 0 aliphatic heterocycles. The van der Waals surface area contributed by atoms with Gasteiger partial charge in [-0.05, 0) is 47.0 Å². The first-order valence-electron chi connectivity index (χ1n) is 7.31. The van der Waals surface area contributed by atoms with Crippen LogP contribution in [0.15, 0.2) is 60.7 Å². The Morgan fingerprint density at radius 1 is 0.818 bits per heavy atom. The van der Waals surface area contributed by atoms with Crippen LogP contribution in [0.5, 0.6) is 0 Å². The smallest absolute Gasteiger partial charge is 0.0453 e. The van der Waals surface area contributed by atoms with Crippen molar-refractivity contribution in [3.8, 4) is 0 Å². The molecule has 112 valence electrons. The fourth-order valence-corrected chi connectivity index (χ4v) is 3.45. The number of halogens is 2. The number of fused-ring (bicyclic) bond motifs is 1. The van der Waals surface area contributed by atoms with E-state index in [4.69, 9.17) is 28.9 Å². The summed E-state index contributed by atoms with van der Waals surface area (Å²) in [5, 5.41) is 3.87. The third-order valence-corrected chi connectivity index (χ3v) is 4.77. The van der Waals surface area contributed by atoms with Gasteiger partial charge in [-0.3, -0.25) is 0 Å². The molecule has 3 heteroatoms. The summed E-state index contributed by atoms with van der Waals surface area (Å²) in [6.45, 7) is 0.551. The highest BCUT2D eigenvalue weighted by molar-refractivity contribution is 6.36. The standard InChI is InChI=1S/C19H17Cl2N/c20-18-9-4-10-19(21)17(18)11-14(12-22)16-8-3-6-13-5-1-2-7-15(13)16/h1-10,14H,11-12,22H2. The summed E-state index contributed by atoms with van der Waals surface area (Å²) in [7, 11) is 0. The monoisotopic (exact) mass is 329 g/mol. The van der Waals surface area contributed by atoms with E-state index in [1.807, 2.05) is 18.2 Å². The summed E-state index contributed by atoms with van der Waals surface area (Å²) in [4.78, 5) is 0. The van der Waals surface area contributed by atoms with Crippen molar-refractivity contribution in [2.45, 2.75) is 12.3 Å². The van der Waals surface area contributed by atoms with Crippen molar-refractivity contribution in [3.63, 3.8) is 0 Å². The number of hydrogen-bond acceptors (Lipinski definition) is 1. The van der Waals surface area contributed by atoms with Gasteiger partial charge >= 0.3 is 0 Å². The van der Waals surface area contributed by atoms with E-state index < -0.39 is 0 Å². The molecule has 1 atom stereocenters. The van der Waals surface area contributed by atoms with E-state index in [9.17, 15) is 0 Å². The zero-order chi connectivity index (χ0) is 15.5. The molecular formula is C19H17Cl2N. The van der Waals surface area contributed by atoms with Gasteiger partial charge in [0, 0.05) is 16.0 Å². The molecule has 0 bridgehead atoms. The Morgan fingerprint density at radius 3 is 2.18 bits per heavy atom. The molecule has 0 aliphatic rings. The molecule has 1 nitrogen and oxygen atoms in total. The van der Waals surface area contributed by atoms with Gasteiger partial charge in [-0.25, -0.2) is 0 Å². The van der Waals surface area contributed by atoms with Crippen molar-refractivity contribution >= 4 is 34.0 Å². The van der Waals surface area contributed by atoms with Gasteiger partial charge in [0.25, 0.3) is 0 Å². The Bertz CT molecular complexity index is 773. The molecule has 0 fully saturated rings. The molecule has 0 heterocycles. The van der Waals surface area contributed by atoms with Crippen molar-refractivity contribution in [2.24, 2.45) is 5.73 Å². The maximum Gasteiger partial charge on any atom is 0.0453 e. The number of nitrogens with two attached hydrogens (primary N) is 1. The average Bonchev–Trinajstić information content (AvgIpc) is 2.54. The lowest BCUT2D eigenvalue weighted by atomic mass is 9.88. The minimum Gasteiger partial charge on any atom is -0.330 e. The van der Waals surface area contributed by atoms with E-state index in [2.05, 4.69) is 42.5 Å². The molecule has 0 aliphatic carbocycles. The Labute approximate surface area is 140 Å². The molecule has 3 aromatic carbocycles. The molecule has 1 unspecified atom stereocenters. The highest BCUT2D eigenvalue weighted by Crippen LogP contribution is 2.32. The summed E-state index contributed by atoms with van der Waals surface area (Å²) >= 11 is 12.6. The first kappa shape index (κ1) is 15.4. The molecule has 2 N–H and O–H groups in total. The van der Waals surface area contributed by atoms with Gasteiger partial charge in [0.05, 0.1) is 0 Å². The van der Waals surface area contributed by atoms with Crippen LogP contribution in [0.1, 0.15) is 17.0 Å². The molecule has 0 saturated carbocycles. The van der Waals surface area contributed by atoms with E-state index in [0.717, 1.165) is 12.0 Å². The third kappa shape index (κ3) is 2.98. The van der Waals surface area contributed by atoms with Crippen LogP contribution in [0.25, 0.3) is 10.8 Å². The van der Waals surface area contributed by atoms with Crippen LogP contribution in [0.4, 0.5) is 0 Å². The molecule has 3 aromatic rings. The molecule has 0 aromatic heterocycles. The molecule has 3 rings (SSSR count). The van der Waals surface area contributed by atoms with Crippen molar-refractivity contribution in [2.75, 3.05) is 6.54 Å². The van der Waals surface area contributed by atoms with Gasteiger partial charge in [0.1, 0.15) is 0 Å². The van der Waals surface area contributed by atoms with Gasteiger partial charge < -0.3 is 5.73 Å². The Balaban J connectivity index is 2.04. The Morgan fingerprint density at radius 2 is 1.45 bits per heavy atom. The van der Waals surface area contributed by atoms with Gasteiger partial charge in [-0.2, -0.15) is 0 Å². The highest BCUT2D eigenvalue weighted by Gasteiger charge is 2.16. The van der Waals surface area contributed by atoms with Gasteiger partial charge in [-0.15, -0.1) is 0 Å². The van der Waals surface area contributed by atoms with Crippen LogP contribution < -0.4 is 5.73 Å². The fraction of sp³-hybridized carbons (Fsp3) is 0.158. The molecule has 0 spiro atoms. The van der Waals surface area contributed by atoms with Crippen molar-refractivity contribution in [1.82, 2.24) is 0 Å². The van der Waals surface area contributed by atoms with Gasteiger partial charge in [0.15, 0.2) is 0 Å². The number of hydrogen-bond donors (Lipinski definition) is 1. The van der Waals surface area contributed by atoms with E-state index in [0.29, 0.717) is 16.6 Å². The molecule has 0 radical (unpaired) electrons. The fourth-order valence-electron chi connectivity index (χ4n) is 2.90. The zero-order valence-electron chi connectivity index (χ0n) is 12.1. The number of rotatable bonds is 4. The zero-order valence-corrected chi connectivity index (χ0v) is 13.6. The van der Waals surface area contributed by atoms with Crippen molar-refractivity contribution in [1.29, 1.82) is 0 Å². The second kappa shape index (κ2) is 6.70.